The molecule has 8 heteroatoms. The number of nitrogens with zero attached hydrogens (tertiary/aromatic N) is 3. The maximum atomic E-state index is 12.7. The Morgan fingerprint density at radius 3 is 2.58 bits per heavy atom. The number of Topliss-reactive ketones (excluding diaryl/α,β-unsaturated/α-hetero) is 1. The highest BCUT2D eigenvalue weighted by atomic mass is 16.5. The van der Waals surface area contributed by atoms with Gasteiger partial charge in [-0.25, -0.2) is 4.99 Å². The molecular formula is C23H28N4O4. The van der Waals surface area contributed by atoms with Gasteiger partial charge < -0.3 is 10.1 Å². The first-order valence-electron chi connectivity index (χ1n) is 10.9. The Hall–Kier alpha value is -2.87. The summed E-state index contributed by atoms with van der Waals surface area (Å²) < 4.78 is 5.14. The molecular weight excluding hydrogens is 396 g/mol. The third kappa shape index (κ3) is 5.07. The number of benzene rings is 1. The first-order valence-corrected chi connectivity index (χ1v) is 10.9. The van der Waals surface area contributed by atoms with E-state index in [1.54, 1.807) is 31.4 Å². The second-order valence-corrected chi connectivity index (χ2v) is 8.33. The Labute approximate surface area is 181 Å². The van der Waals surface area contributed by atoms with Gasteiger partial charge in [0.2, 0.25) is 5.91 Å². The van der Waals surface area contributed by atoms with Crippen LogP contribution in [0.1, 0.15) is 42.5 Å². The average Bonchev–Trinajstić information content (AvgIpc) is 3.27. The molecule has 2 fully saturated rings. The quantitative estimate of drug-likeness (QED) is 0.674. The van der Waals surface area contributed by atoms with Crippen LogP contribution in [0.2, 0.25) is 0 Å². The number of hydrogen-bond acceptors (Lipinski definition) is 6. The van der Waals surface area contributed by atoms with Crippen LogP contribution in [0.25, 0.3) is 0 Å². The molecule has 164 valence electrons. The molecule has 0 aromatic heterocycles. The van der Waals surface area contributed by atoms with Gasteiger partial charge in [0.25, 0.3) is 5.91 Å². The summed E-state index contributed by atoms with van der Waals surface area (Å²) in [5.41, 5.74) is 1.61. The number of hydrogen-bond donors (Lipinski definition) is 1. The molecule has 2 aliphatic heterocycles. The Balaban J connectivity index is 1.21. The van der Waals surface area contributed by atoms with Crippen LogP contribution < -0.4 is 10.1 Å². The lowest BCUT2D eigenvalue weighted by molar-refractivity contribution is -0.122. The number of aliphatic imine (C=N–C) groups is 2. The van der Waals surface area contributed by atoms with E-state index in [4.69, 9.17) is 4.74 Å². The summed E-state index contributed by atoms with van der Waals surface area (Å²) in [6.45, 7) is 1.84. The molecule has 31 heavy (non-hydrogen) atoms. The van der Waals surface area contributed by atoms with Crippen LogP contribution in [0, 0.1) is 11.8 Å². The fourth-order valence-corrected chi connectivity index (χ4v) is 4.48. The summed E-state index contributed by atoms with van der Waals surface area (Å²) in [6, 6.07) is 7.21. The van der Waals surface area contributed by atoms with E-state index in [9.17, 15) is 14.4 Å². The summed E-state index contributed by atoms with van der Waals surface area (Å²) in [6.07, 6.45) is 4.11. The van der Waals surface area contributed by atoms with E-state index in [1.165, 1.54) is 0 Å². The first-order chi connectivity index (χ1) is 15.0. The molecule has 0 radical (unpaired) electrons. The fourth-order valence-electron chi connectivity index (χ4n) is 4.48. The van der Waals surface area contributed by atoms with Crippen LogP contribution in [0.15, 0.2) is 34.3 Å². The summed E-state index contributed by atoms with van der Waals surface area (Å²) in [7, 11) is 1.60. The molecule has 0 bridgehead atoms. The number of likely N-dealkylation sites (tertiary alicyclic amines) is 1. The number of ether oxygens (including phenoxy) is 1. The van der Waals surface area contributed by atoms with E-state index in [2.05, 4.69) is 20.2 Å². The van der Waals surface area contributed by atoms with E-state index in [1.807, 2.05) is 0 Å². The van der Waals surface area contributed by atoms with Crippen molar-refractivity contribution in [2.75, 3.05) is 33.3 Å². The van der Waals surface area contributed by atoms with E-state index in [0.29, 0.717) is 24.5 Å². The molecule has 1 unspecified atom stereocenters. The number of amidine groups is 1. The second kappa shape index (κ2) is 9.51. The zero-order chi connectivity index (χ0) is 21.8. The number of nitrogens with one attached hydrogen (secondary N) is 1. The van der Waals surface area contributed by atoms with Crippen LogP contribution >= 0.6 is 0 Å². The molecule has 1 saturated heterocycles. The van der Waals surface area contributed by atoms with Gasteiger partial charge in [-0.05, 0) is 69.5 Å². The van der Waals surface area contributed by atoms with Crippen LogP contribution in [0.4, 0.5) is 0 Å². The van der Waals surface area contributed by atoms with Crippen molar-refractivity contribution >= 4 is 29.1 Å². The molecule has 1 aromatic rings. The molecule has 4 rings (SSSR count). The molecule has 1 saturated carbocycles. The number of carbonyl (C=O) groups excluding carboxylic acids is 3. The van der Waals surface area contributed by atoms with Gasteiger partial charge in [-0.15, -0.1) is 0 Å². The molecule has 8 nitrogen and oxygen atoms in total. The van der Waals surface area contributed by atoms with Crippen molar-refractivity contribution in [1.29, 1.82) is 0 Å². The maximum Gasteiger partial charge on any atom is 0.256 e. The third-order valence-corrected chi connectivity index (χ3v) is 6.28. The lowest BCUT2D eigenvalue weighted by Crippen LogP contribution is -2.44. The minimum Gasteiger partial charge on any atom is -0.497 e. The lowest BCUT2D eigenvalue weighted by Gasteiger charge is -2.30. The number of methoxy groups -OCH3 is 1. The standard InChI is InChI=1S/C23H28N4O4/c1-31-17-7-5-15(6-8-17)22(29)16-9-11-27(12-10-16)14-21(28)24-13-20-25-19-4-2-3-18(19)23(30)26-20/h5-8,16,18H,2-4,9-14H2,1H3,(H,24,28). The number of carbonyl (C=O) groups is 3. The van der Waals surface area contributed by atoms with Crippen molar-refractivity contribution < 1.29 is 19.1 Å². The van der Waals surface area contributed by atoms with Crippen molar-refractivity contribution in [2.45, 2.75) is 32.1 Å². The molecule has 3 aliphatic rings. The van der Waals surface area contributed by atoms with Crippen LogP contribution in [-0.2, 0) is 9.59 Å². The predicted molar refractivity (Wildman–Crippen MR) is 117 cm³/mol. The third-order valence-electron chi connectivity index (χ3n) is 6.28. The molecule has 2 heterocycles. The van der Waals surface area contributed by atoms with Gasteiger partial charge in [0.15, 0.2) is 11.6 Å². The average molecular weight is 425 g/mol. The molecule has 2 amide bonds. The summed E-state index contributed by atoms with van der Waals surface area (Å²) >= 11 is 0. The van der Waals surface area contributed by atoms with Crippen molar-refractivity contribution in [3.63, 3.8) is 0 Å². The Kier molecular flexibility index (Phi) is 6.56. The summed E-state index contributed by atoms with van der Waals surface area (Å²) in [5.74, 6) is 0.868. The van der Waals surface area contributed by atoms with Crippen molar-refractivity contribution in [3.05, 3.63) is 29.8 Å². The number of ketones is 1. The second-order valence-electron chi connectivity index (χ2n) is 8.33. The van der Waals surface area contributed by atoms with E-state index in [-0.39, 0.29) is 42.5 Å². The van der Waals surface area contributed by atoms with E-state index >= 15 is 0 Å². The topological polar surface area (TPSA) is 100 Å². The van der Waals surface area contributed by atoms with Gasteiger partial charge >= 0.3 is 0 Å². The van der Waals surface area contributed by atoms with Gasteiger partial charge in [0.05, 0.1) is 26.1 Å². The van der Waals surface area contributed by atoms with Gasteiger partial charge in [0.1, 0.15) is 5.75 Å². The maximum absolute atomic E-state index is 12.7. The minimum atomic E-state index is -0.138. The van der Waals surface area contributed by atoms with E-state index < -0.39 is 0 Å². The Bertz CT molecular complexity index is 914. The summed E-state index contributed by atoms with van der Waals surface area (Å²) in [4.78, 5) is 47.6. The molecule has 1 aromatic carbocycles. The number of rotatable bonds is 7. The zero-order valence-corrected chi connectivity index (χ0v) is 17.8. The minimum absolute atomic E-state index is 0.0227. The van der Waals surface area contributed by atoms with Gasteiger partial charge in [0, 0.05) is 17.2 Å². The monoisotopic (exact) mass is 424 g/mol. The largest absolute Gasteiger partial charge is 0.497 e. The van der Waals surface area contributed by atoms with Crippen molar-refractivity contribution in [3.8, 4) is 5.75 Å². The van der Waals surface area contributed by atoms with E-state index in [0.717, 1.165) is 43.6 Å². The van der Waals surface area contributed by atoms with Crippen LogP contribution in [-0.4, -0.2) is 67.3 Å². The van der Waals surface area contributed by atoms with Crippen LogP contribution in [0.5, 0.6) is 5.75 Å². The van der Waals surface area contributed by atoms with Crippen LogP contribution in [0.3, 0.4) is 0 Å². The Morgan fingerprint density at radius 2 is 1.87 bits per heavy atom. The fraction of sp³-hybridized carbons (Fsp3) is 0.522. The van der Waals surface area contributed by atoms with Crippen molar-refractivity contribution in [1.82, 2.24) is 10.2 Å². The molecule has 1 atom stereocenters. The van der Waals surface area contributed by atoms with Gasteiger partial charge in [-0.1, -0.05) is 0 Å². The smallest absolute Gasteiger partial charge is 0.256 e. The number of fused-ring (bicyclic) bond motifs is 1. The number of piperidine rings is 1. The normalized spacial score (nSPS) is 21.8. The lowest BCUT2D eigenvalue weighted by atomic mass is 9.89. The molecule has 0 spiro atoms. The summed E-state index contributed by atoms with van der Waals surface area (Å²) in [5, 5.41) is 2.82. The highest BCUT2D eigenvalue weighted by Gasteiger charge is 2.32. The Morgan fingerprint density at radius 1 is 1.13 bits per heavy atom. The predicted octanol–water partition coefficient (Wildman–Crippen LogP) is 1.89. The van der Waals surface area contributed by atoms with Gasteiger partial charge in [-0.2, -0.15) is 4.99 Å². The highest BCUT2D eigenvalue weighted by Crippen LogP contribution is 2.26. The first kappa shape index (κ1) is 21.4. The number of amides is 2. The molecule has 1 N–H and O–H groups in total. The SMILES string of the molecule is COc1ccc(C(=O)C2CCN(CC(=O)NCC3=NC(=O)C4CCCC4=N3)CC2)cc1. The zero-order valence-electron chi connectivity index (χ0n) is 17.8. The molecule has 1 aliphatic carbocycles. The van der Waals surface area contributed by atoms with Crippen molar-refractivity contribution in [2.24, 2.45) is 21.8 Å². The highest BCUT2D eigenvalue weighted by molar-refractivity contribution is 6.17. The van der Waals surface area contributed by atoms with Gasteiger partial charge in [-0.3, -0.25) is 19.3 Å².